The Balaban J connectivity index is 0.000000728. The molecule has 0 radical (unpaired) electrons. The molecule has 190 valence electrons. The second kappa shape index (κ2) is 15.0. The van der Waals surface area contributed by atoms with Crippen molar-refractivity contribution in [3.8, 4) is 0 Å². The Hall–Kier alpha value is -2.01. The van der Waals surface area contributed by atoms with Gasteiger partial charge in [-0.3, -0.25) is 4.55 Å². The third kappa shape index (κ3) is 12.1. The van der Waals surface area contributed by atoms with Crippen molar-refractivity contribution in [1.29, 1.82) is 0 Å². The number of hydrogen-bond donors (Lipinski definition) is 1. The molecule has 5 nitrogen and oxygen atoms in total. The summed E-state index contributed by atoms with van der Waals surface area (Å²) in [5.41, 5.74) is -0.502. The van der Waals surface area contributed by atoms with E-state index in [-0.39, 0.29) is 0 Å². The van der Waals surface area contributed by atoms with E-state index in [1.165, 1.54) is 69.6 Å². The lowest BCUT2D eigenvalue weighted by Crippen LogP contribution is -2.52. The van der Waals surface area contributed by atoms with E-state index < -0.39 is 39.2 Å². The maximum Gasteiger partial charge on any atom is 0.432 e. The molecule has 1 rings (SSSR count). The first-order chi connectivity index (χ1) is 15.3. The first kappa shape index (κ1) is 31.0. The Labute approximate surface area is 191 Å². The van der Waals surface area contributed by atoms with E-state index in [2.05, 4.69) is 30.7 Å². The number of allylic oxidation sites excluding steroid dienone is 2. The number of carbonyl (C=O) groups excluding carboxylic acids is 1. The molecular weight excluding hydrogens is 471 g/mol. The third-order valence-corrected chi connectivity index (χ3v) is 5.21. The van der Waals surface area contributed by atoms with Crippen LogP contribution >= 0.6 is 0 Å². The Morgan fingerprint density at radius 3 is 2.00 bits per heavy atom. The summed E-state index contributed by atoms with van der Waals surface area (Å²) in [5, 5.41) is -5.74. The molecule has 1 aromatic rings. The van der Waals surface area contributed by atoms with E-state index in [1.807, 2.05) is 0 Å². The number of ether oxygens (including phenoxy) is 1. The van der Waals surface area contributed by atoms with Crippen molar-refractivity contribution >= 4 is 16.1 Å². The number of rotatable bonds is 12. The number of unbranched alkanes of at least 4 members (excludes halogenated alkanes) is 6. The number of alkyl halides is 5. The second-order valence-electron chi connectivity index (χ2n) is 7.17. The molecule has 0 heterocycles. The highest BCUT2D eigenvalue weighted by molar-refractivity contribution is 7.86. The molecule has 0 saturated carbocycles. The molecule has 0 amide bonds. The van der Waals surface area contributed by atoms with Crippen LogP contribution in [-0.2, 0) is 14.9 Å². The maximum absolute atomic E-state index is 13.1. The van der Waals surface area contributed by atoms with Gasteiger partial charge in [-0.25, -0.2) is 4.79 Å². The number of carbonyl (C=O) groups is 1. The highest BCUT2D eigenvalue weighted by Gasteiger charge is 2.66. The lowest BCUT2D eigenvalue weighted by Gasteiger charge is -2.26. The van der Waals surface area contributed by atoms with Gasteiger partial charge in [0.25, 0.3) is 6.10 Å². The molecule has 0 spiro atoms. The SMILES string of the molecule is CCC=CCCCCCCCC.O=C(OC(C(F)(F)F)C(F)(F)S(=O)(=O)O)c1ccccc1. The molecule has 1 aromatic carbocycles. The second-order valence-corrected chi connectivity index (χ2v) is 8.66. The fourth-order valence-corrected chi connectivity index (χ4v) is 2.99. The van der Waals surface area contributed by atoms with Crippen LogP contribution in [0.1, 0.15) is 75.6 Å². The summed E-state index contributed by atoms with van der Waals surface area (Å²) in [5.74, 6) is -1.82. The number of hydrogen-bond acceptors (Lipinski definition) is 4. The monoisotopic (exact) mass is 502 g/mol. The van der Waals surface area contributed by atoms with E-state index >= 15 is 0 Å². The number of benzene rings is 1. The van der Waals surface area contributed by atoms with Crippen LogP contribution in [0.25, 0.3) is 0 Å². The van der Waals surface area contributed by atoms with Crippen molar-refractivity contribution in [3.63, 3.8) is 0 Å². The molecule has 33 heavy (non-hydrogen) atoms. The molecule has 11 heteroatoms. The minimum absolute atomic E-state index is 0.502. The molecule has 0 saturated heterocycles. The van der Waals surface area contributed by atoms with Crippen LogP contribution in [0.3, 0.4) is 0 Å². The minimum Gasteiger partial charge on any atom is -0.441 e. The Bertz CT molecular complexity index is 808. The zero-order valence-electron chi connectivity index (χ0n) is 18.7. The van der Waals surface area contributed by atoms with Gasteiger partial charge in [-0.1, -0.05) is 76.3 Å². The maximum atomic E-state index is 13.1. The van der Waals surface area contributed by atoms with Crippen molar-refractivity contribution in [2.75, 3.05) is 0 Å². The van der Waals surface area contributed by atoms with Crippen molar-refractivity contribution in [2.45, 2.75) is 82.7 Å². The lowest BCUT2D eigenvalue weighted by molar-refractivity contribution is -0.248. The van der Waals surface area contributed by atoms with Crippen LogP contribution in [-0.4, -0.2) is 36.5 Å². The molecular formula is C22H31F5O5S. The Morgan fingerprint density at radius 2 is 1.52 bits per heavy atom. The van der Waals surface area contributed by atoms with Crippen LogP contribution in [0.5, 0.6) is 0 Å². The first-order valence-corrected chi connectivity index (χ1v) is 12.1. The first-order valence-electron chi connectivity index (χ1n) is 10.6. The van der Waals surface area contributed by atoms with Gasteiger partial charge in [-0.15, -0.1) is 0 Å². The summed E-state index contributed by atoms with van der Waals surface area (Å²) >= 11 is 0. The van der Waals surface area contributed by atoms with Crippen LogP contribution in [0.15, 0.2) is 42.5 Å². The van der Waals surface area contributed by atoms with Gasteiger partial charge in [0.15, 0.2) is 0 Å². The molecule has 0 aliphatic carbocycles. The van der Waals surface area contributed by atoms with Gasteiger partial charge in [-0.05, 0) is 31.4 Å². The van der Waals surface area contributed by atoms with Gasteiger partial charge in [0.2, 0.25) is 0 Å². The average Bonchev–Trinajstić information content (AvgIpc) is 2.73. The topological polar surface area (TPSA) is 80.7 Å². The van der Waals surface area contributed by atoms with E-state index in [0.29, 0.717) is 0 Å². The van der Waals surface area contributed by atoms with Gasteiger partial charge in [0.05, 0.1) is 5.56 Å². The molecule has 1 N–H and O–H groups in total. The van der Waals surface area contributed by atoms with Crippen LogP contribution in [0.2, 0.25) is 0 Å². The lowest BCUT2D eigenvalue weighted by atomic mass is 10.1. The van der Waals surface area contributed by atoms with Crippen LogP contribution in [0, 0.1) is 0 Å². The predicted molar refractivity (Wildman–Crippen MR) is 116 cm³/mol. The van der Waals surface area contributed by atoms with Crippen molar-refractivity contribution < 1.29 is 44.5 Å². The van der Waals surface area contributed by atoms with Crippen LogP contribution < -0.4 is 0 Å². The number of halogens is 5. The normalized spacial score (nSPS) is 13.3. The van der Waals surface area contributed by atoms with Gasteiger partial charge in [-0.2, -0.15) is 30.4 Å². The van der Waals surface area contributed by atoms with Gasteiger partial charge < -0.3 is 4.74 Å². The molecule has 1 atom stereocenters. The molecule has 0 fully saturated rings. The van der Waals surface area contributed by atoms with Crippen molar-refractivity contribution in [3.05, 3.63) is 48.0 Å². The summed E-state index contributed by atoms with van der Waals surface area (Å²) in [7, 11) is -6.44. The zero-order valence-corrected chi connectivity index (χ0v) is 19.5. The van der Waals surface area contributed by atoms with Gasteiger partial charge in [0, 0.05) is 0 Å². The van der Waals surface area contributed by atoms with Crippen molar-refractivity contribution in [1.82, 2.24) is 0 Å². The largest absolute Gasteiger partial charge is 0.441 e. The fourth-order valence-electron chi connectivity index (χ4n) is 2.54. The van der Waals surface area contributed by atoms with E-state index in [1.54, 1.807) is 0 Å². The third-order valence-electron chi connectivity index (χ3n) is 4.31. The molecule has 0 bridgehead atoms. The van der Waals surface area contributed by atoms with E-state index in [4.69, 9.17) is 4.55 Å². The average molecular weight is 503 g/mol. The van der Waals surface area contributed by atoms with Gasteiger partial charge in [0.1, 0.15) is 0 Å². The van der Waals surface area contributed by atoms with Gasteiger partial charge >= 0.3 is 27.5 Å². The van der Waals surface area contributed by atoms with E-state index in [0.717, 1.165) is 12.1 Å². The molecule has 0 aliphatic heterocycles. The molecule has 0 aromatic heterocycles. The summed E-state index contributed by atoms with van der Waals surface area (Å²) in [6, 6.07) is 5.79. The van der Waals surface area contributed by atoms with Crippen LogP contribution in [0.4, 0.5) is 22.0 Å². The standard InChI is InChI=1S/C12H24.C10H7F5O5S/c1-3-5-7-9-11-12-10-8-6-4-2;11-9(12,13)8(10(14,15)21(17,18)19)20-7(16)6-4-2-1-3-5-6/h5,7H,3-4,6,8-12H2,1-2H3;1-5,8H,(H,17,18,19). The summed E-state index contributed by atoms with van der Waals surface area (Å²) in [6.07, 6.45) is 5.29. The number of esters is 1. The fraction of sp³-hybridized carbons (Fsp3) is 0.591. The summed E-state index contributed by atoms with van der Waals surface area (Å²) < 4.78 is 96.2. The highest BCUT2D eigenvalue weighted by atomic mass is 32.2. The van der Waals surface area contributed by atoms with Crippen molar-refractivity contribution in [2.24, 2.45) is 0 Å². The smallest absolute Gasteiger partial charge is 0.432 e. The zero-order chi connectivity index (χ0) is 25.5. The molecule has 0 aliphatic rings. The Morgan fingerprint density at radius 1 is 0.970 bits per heavy atom. The summed E-state index contributed by atoms with van der Waals surface area (Å²) in [6.45, 7) is 4.46. The predicted octanol–water partition coefficient (Wildman–Crippen LogP) is 6.96. The Kier molecular flexibility index (Phi) is 14.1. The minimum atomic E-state index is -6.44. The highest BCUT2D eigenvalue weighted by Crippen LogP contribution is 2.38. The van der Waals surface area contributed by atoms with E-state index in [9.17, 15) is 35.2 Å². The summed E-state index contributed by atoms with van der Waals surface area (Å²) in [4.78, 5) is 11.3. The quantitative estimate of drug-likeness (QED) is 0.110. The molecule has 1 unspecified atom stereocenters.